The summed E-state index contributed by atoms with van der Waals surface area (Å²) in [6.07, 6.45) is 4.57. The van der Waals surface area contributed by atoms with Gasteiger partial charge < -0.3 is 10.6 Å². The van der Waals surface area contributed by atoms with Crippen molar-refractivity contribution in [1.29, 1.82) is 0 Å². The van der Waals surface area contributed by atoms with Crippen molar-refractivity contribution in [3.8, 4) is 0 Å². The molecule has 1 aromatic heterocycles. The highest BCUT2D eigenvalue weighted by Gasteiger charge is 2.24. The molecule has 0 unspecified atom stereocenters. The van der Waals surface area contributed by atoms with Crippen LogP contribution in [0.1, 0.15) is 12.8 Å². The third kappa shape index (κ3) is 3.75. The maximum atomic E-state index is 12.2. The minimum absolute atomic E-state index is 0.0130. The van der Waals surface area contributed by atoms with Crippen molar-refractivity contribution in [1.82, 2.24) is 19.4 Å². The Kier molecular flexibility index (Phi) is 4.56. The van der Waals surface area contributed by atoms with E-state index < -0.39 is 10.0 Å². The zero-order valence-electron chi connectivity index (χ0n) is 11.1. The Labute approximate surface area is 113 Å². The molecule has 1 saturated heterocycles. The number of sulfonamides is 1. The van der Waals surface area contributed by atoms with E-state index in [1.54, 1.807) is 4.68 Å². The number of aromatic nitrogens is 2. The molecule has 0 radical (unpaired) electrons. The van der Waals surface area contributed by atoms with Crippen LogP contribution in [0.15, 0.2) is 17.3 Å². The first-order chi connectivity index (χ1) is 9.01. The van der Waals surface area contributed by atoms with Crippen molar-refractivity contribution in [2.45, 2.75) is 30.3 Å². The molecule has 2 rings (SSSR count). The van der Waals surface area contributed by atoms with Crippen molar-refractivity contribution >= 4 is 10.0 Å². The van der Waals surface area contributed by atoms with E-state index in [1.807, 2.05) is 7.05 Å². The third-order valence-corrected chi connectivity index (χ3v) is 4.79. The van der Waals surface area contributed by atoms with Gasteiger partial charge in [0.1, 0.15) is 4.90 Å². The van der Waals surface area contributed by atoms with Crippen molar-refractivity contribution in [2.75, 3.05) is 26.7 Å². The summed E-state index contributed by atoms with van der Waals surface area (Å²) in [4.78, 5) is 2.41. The second kappa shape index (κ2) is 6.00. The van der Waals surface area contributed by atoms with Gasteiger partial charge in [-0.2, -0.15) is 5.10 Å². The van der Waals surface area contributed by atoms with Crippen LogP contribution in [0.25, 0.3) is 0 Å². The normalized spacial score (nSPS) is 18.8. The number of hydrogen-bond acceptors (Lipinski definition) is 5. The monoisotopic (exact) mass is 287 g/mol. The summed E-state index contributed by atoms with van der Waals surface area (Å²) in [6, 6.07) is 0.0130. The number of hydrogen-bond donors (Lipinski definition) is 2. The summed E-state index contributed by atoms with van der Waals surface area (Å²) < 4.78 is 28.7. The maximum Gasteiger partial charge on any atom is 0.243 e. The number of nitrogens with zero attached hydrogens (tertiary/aromatic N) is 3. The second-order valence-electron chi connectivity index (χ2n) is 4.93. The highest BCUT2D eigenvalue weighted by Crippen LogP contribution is 2.13. The van der Waals surface area contributed by atoms with Crippen LogP contribution in [0.2, 0.25) is 0 Å². The SMILES string of the molecule is CN1CCC(NS(=O)(=O)c2cnn(CCN)c2)CC1. The Morgan fingerprint density at radius 1 is 1.47 bits per heavy atom. The zero-order chi connectivity index (χ0) is 13.9. The molecule has 0 amide bonds. The van der Waals surface area contributed by atoms with Gasteiger partial charge >= 0.3 is 0 Å². The predicted molar refractivity (Wildman–Crippen MR) is 72.1 cm³/mol. The molecule has 8 heteroatoms. The number of rotatable bonds is 5. The fourth-order valence-electron chi connectivity index (χ4n) is 2.15. The summed E-state index contributed by atoms with van der Waals surface area (Å²) in [5.74, 6) is 0. The van der Waals surface area contributed by atoms with Gasteiger partial charge in [0.25, 0.3) is 0 Å². The van der Waals surface area contributed by atoms with Crippen molar-refractivity contribution < 1.29 is 8.42 Å². The Morgan fingerprint density at radius 3 is 2.79 bits per heavy atom. The largest absolute Gasteiger partial charge is 0.329 e. The lowest BCUT2D eigenvalue weighted by molar-refractivity contribution is 0.248. The molecule has 1 aromatic rings. The van der Waals surface area contributed by atoms with Crippen LogP contribution in [0.5, 0.6) is 0 Å². The molecule has 0 spiro atoms. The molecular formula is C11H21N5O2S. The van der Waals surface area contributed by atoms with Crippen LogP contribution in [-0.4, -0.2) is 55.8 Å². The number of likely N-dealkylation sites (tertiary alicyclic amines) is 1. The zero-order valence-corrected chi connectivity index (χ0v) is 11.9. The fourth-order valence-corrected chi connectivity index (χ4v) is 3.41. The smallest absolute Gasteiger partial charge is 0.243 e. The van der Waals surface area contributed by atoms with Gasteiger partial charge in [0.05, 0.1) is 12.7 Å². The van der Waals surface area contributed by atoms with Crippen LogP contribution in [0.4, 0.5) is 0 Å². The highest BCUT2D eigenvalue weighted by atomic mass is 32.2. The quantitative estimate of drug-likeness (QED) is 0.740. The number of nitrogens with two attached hydrogens (primary N) is 1. The molecule has 3 N–H and O–H groups in total. The Balaban J connectivity index is 2.01. The summed E-state index contributed by atoms with van der Waals surface area (Å²) in [7, 11) is -1.42. The maximum absolute atomic E-state index is 12.2. The molecular weight excluding hydrogens is 266 g/mol. The number of nitrogens with one attached hydrogen (secondary N) is 1. The lowest BCUT2D eigenvalue weighted by Gasteiger charge is -2.29. The molecule has 1 fully saturated rings. The summed E-state index contributed by atoms with van der Waals surface area (Å²) in [5.41, 5.74) is 5.41. The standard InChI is InChI=1S/C11H21N5O2S/c1-15-5-2-10(3-6-15)14-19(17,18)11-8-13-16(9-11)7-4-12/h8-10,14H,2-7,12H2,1H3. The van der Waals surface area contributed by atoms with Crippen LogP contribution in [-0.2, 0) is 16.6 Å². The van der Waals surface area contributed by atoms with E-state index in [1.165, 1.54) is 12.4 Å². The van der Waals surface area contributed by atoms with Gasteiger partial charge in [-0.3, -0.25) is 4.68 Å². The summed E-state index contributed by atoms with van der Waals surface area (Å²) >= 11 is 0. The lowest BCUT2D eigenvalue weighted by Crippen LogP contribution is -2.43. The van der Waals surface area contributed by atoms with E-state index in [2.05, 4.69) is 14.7 Å². The molecule has 108 valence electrons. The van der Waals surface area contributed by atoms with Crippen LogP contribution in [0.3, 0.4) is 0 Å². The predicted octanol–water partition coefficient (Wildman–Crippen LogP) is -0.786. The van der Waals surface area contributed by atoms with E-state index in [9.17, 15) is 8.42 Å². The van der Waals surface area contributed by atoms with Gasteiger partial charge in [-0.15, -0.1) is 0 Å². The molecule has 0 saturated carbocycles. The topological polar surface area (TPSA) is 93.2 Å². The van der Waals surface area contributed by atoms with Crippen LogP contribution >= 0.6 is 0 Å². The van der Waals surface area contributed by atoms with Gasteiger partial charge in [0.15, 0.2) is 0 Å². The Hall–Kier alpha value is -0.960. The molecule has 0 bridgehead atoms. The van der Waals surface area contributed by atoms with E-state index >= 15 is 0 Å². The van der Waals surface area contributed by atoms with E-state index in [0.29, 0.717) is 13.1 Å². The van der Waals surface area contributed by atoms with Crippen molar-refractivity contribution in [3.63, 3.8) is 0 Å². The van der Waals surface area contributed by atoms with Gasteiger partial charge in [-0.05, 0) is 33.0 Å². The van der Waals surface area contributed by atoms with Gasteiger partial charge in [-0.1, -0.05) is 0 Å². The van der Waals surface area contributed by atoms with E-state index in [-0.39, 0.29) is 10.9 Å². The Morgan fingerprint density at radius 2 is 2.16 bits per heavy atom. The third-order valence-electron chi connectivity index (χ3n) is 3.32. The minimum atomic E-state index is -3.47. The molecule has 19 heavy (non-hydrogen) atoms. The molecule has 1 aliphatic heterocycles. The average molecular weight is 287 g/mol. The highest BCUT2D eigenvalue weighted by molar-refractivity contribution is 7.89. The molecule has 2 heterocycles. The van der Waals surface area contributed by atoms with Gasteiger partial charge in [-0.25, -0.2) is 13.1 Å². The van der Waals surface area contributed by atoms with Gasteiger partial charge in [0, 0.05) is 18.8 Å². The van der Waals surface area contributed by atoms with E-state index in [0.717, 1.165) is 25.9 Å². The molecule has 0 atom stereocenters. The molecule has 1 aliphatic rings. The summed E-state index contributed by atoms with van der Waals surface area (Å²) in [5, 5.41) is 3.99. The van der Waals surface area contributed by atoms with Crippen molar-refractivity contribution in [2.24, 2.45) is 5.73 Å². The van der Waals surface area contributed by atoms with Gasteiger partial charge in [0.2, 0.25) is 10.0 Å². The summed E-state index contributed by atoms with van der Waals surface area (Å²) in [6.45, 7) is 2.78. The minimum Gasteiger partial charge on any atom is -0.329 e. The Bertz CT molecular complexity index is 505. The molecule has 0 aromatic carbocycles. The average Bonchev–Trinajstić information content (AvgIpc) is 2.82. The fraction of sp³-hybridized carbons (Fsp3) is 0.727. The lowest BCUT2D eigenvalue weighted by atomic mass is 10.1. The van der Waals surface area contributed by atoms with Crippen molar-refractivity contribution in [3.05, 3.63) is 12.4 Å². The first-order valence-electron chi connectivity index (χ1n) is 6.44. The number of piperidine rings is 1. The second-order valence-corrected chi connectivity index (χ2v) is 6.64. The van der Waals surface area contributed by atoms with Crippen LogP contribution < -0.4 is 10.5 Å². The first-order valence-corrected chi connectivity index (χ1v) is 7.93. The first kappa shape index (κ1) is 14.4. The van der Waals surface area contributed by atoms with Crippen LogP contribution in [0, 0.1) is 0 Å². The molecule has 7 nitrogen and oxygen atoms in total. The van der Waals surface area contributed by atoms with E-state index in [4.69, 9.17) is 5.73 Å². The molecule has 0 aliphatic carbocycles.